The minimum atomic E-state index is 0.762. The van der Waals surface area contributed by atoms with E-state index in [4.69, 9.17) is 16.6 Å². The summed E-state index contributed by atoms with van der Waals surface area (Å²) in [6.07, 6.45) is 1.99. The molecule has 0 atom stereocenters. The topological polar surface area (TPSA) is 24.9 Å². The van der Waals surface area contributed by atoms with Gasteiger partial charge in [-0.3, -0.25) is 4.98 Å². The predicted molar refractivity (Wildman–Crippen MR) is 92.5 cm³/mol. The average Bonchev–Trinajstić information content (AvgIpc) is 2.78. The second-order valence-corrected chi connectivity index (χ2v) is 6.13. The Bertz CT molecular complexity index is 828. The Balaban J connectivity index is 2.09. The summed E-state index contributed by atoms with van der Waals surface area (Å²) in [4.78, 5) is 4.90. The van der Waals surface area contributed by atoms with Gasteiger partial charge in [0.15, 0.2) is 0 Å². The van der Waals surface area contributed by atoms with Crippen LogP contribution in [0.1, 0.15) is 11.3 Å². The lowest BCUT2D eigenvalue weighted by Crippen LogP contribution is -2.16. The second kappa shape index (κ2) is 5.71. The van der Waals surface area contributed by atoms with Gasteiger partial charge in [-0.2, -0.15) is 0 Å². The molecule has 2 aromatic carbocycles. The average molecular weight is 309 g/mol. The number of fused-ring (bicyclic) bond motifs is 2. The van der Waals surface area contributed by atoms with Crippen molar-refractivity contribution in [2.75, 3.05) is 13.1 Å². The largest absolute Gasteiger partial charge is 0.316 e. The molecule has 0 saturated carbocycles. The summed E-state index contributed by atoms with van der Waals surface area (Å²) < 4.78 is 0. The highest BCUT2D eigenvalue weighted by molar-refractivity contribution is 6.31. The van der Waals surface area contributed by atoms with Gasteiger partial charge in [-0.1, -0.05) is 41.9 Å². The summed E-state index contributed by atoms with van der Waals surface area (Å²) in [7, 11) is 0. The van der Waals surface area contributed by atoms with Crippen molar-refractivity contribution in [1.82, 2.24) is 10.3 Å². The van der Waals surface area contributed by atoms with Crippen molar-refractivity contribution < 1.29 is 0 Å². The van der Waals surface area contributed by atoms with Gasteiger partial charge in [-0.15, -0.1) is 0 Å². The first-order valence-corrected chi connectivity index (χ1v) is 8.08. The highest BCUT2D eigenvalue weighted by Crippen LogP contribution is 2.35. The van der Waals surface area contributed by atoms with Gasteiger partial charge >= 0.3 is 0 Å². The van der Waals surface area contributed by atoms with Crippen molar-refractivity contribution in [3.63, 3.8) is 0 Å². The summed E-state index contributed by atoms with van der Waals surface area (Å²) in [6, 6.07) is 16.6. The number of nitrogens with one attached hydrogen (secondary N) is 1. The van der Waals surface area contributed by atoms with Crippen LogP contribution < -0.4 is 5.32 Å². The lowest BCUT2D eigenvalue weighted by atomic mass is 9.92. The van der Waals surface area contributed by atoms with Crippen LogP contribution in [-0.2, 0) is 12.8 Å². The molecule has 1 aromatic heterocycles. The Hall–Kier alpha value is -1.90. The maximum absolute atomic E-state index is 6.25. The minimum absolute atomic E-state index is 0.762. The summed E-state index contributed by atoms with van der Waals surface area (Å²) in [5.74, 6) is 0. The molecule has 2 nitrogen and oxygen atoms in total. The van der Waals surface area contributed by atoms with Crippen molar-refractivity contribution in [3.05, 3.63) is 64.8 Å². The number of aromatic nitrogens is 1. The van der Waals surface area contributed by atoms with Gasteiger partial charge in [0.05, 0.1) is 5.52 Å². The fraction of sp³-hybridized carbons (Fsp3) is 0.211. The minimum Gasteiger partial charge on any atom is -0.316 e. The molecule has 0 spiro atoms. The summed E-state index contributed by atoms with van der Waals surface area (Å²) in [5, 5.41) is 5.39. The van der Waals surface area contributed by atoms with E-state index in [1.807, 2.05) is 18.2 Å². The predicted octanol–water partition coefficient (Wildman–Crippen LogP) is 4.24. The van der Waals surface area contributed by atoms with Gasteiger partial charge in [0, 0.05) is 29.1 Å². The third-order valence-corrected chi connectivity index (χ3v) is 4.52. The first kappa shape index (κ1) is 13.7. The molecule has 4 rings (SSSR count). The Morgan fingerprint density at radius 2 is 1.77 bits per heavy atom. The first-order chi connectivity index (χ1) is 10.8. The van der Waals surface area contributed by atoms with Gasteiger partial charge in [0.2, 0.25) is 0 Å². The third kappa shape index (κ3) is 2.39. The van der Waals surface area contributed by atoms with E-state index in [1.165, 1.54) is 22.4 Å². The Labute approximate surface area is 135 Å². The number of rotatable bonds is 1. The number of nitrogens with zero attached hydrogens (tertiary/aromatic N) is 1. The van der Waals surface area contributed by atoms with Crippen molar-refractivity contribution in [2.24, 2.45) is 0 Å². The van der Waals surface area contributed by atoms with Crippen LogP contribution >= 0.6 is 11.6 Å². The Morgan fingerprint density at radius 1 is 0.955 bits per heavy atom. The van der Waals surface area contributed by atoms with E-state index in [-0.39, 0.29) is 0 Å². The highest BCUT2D eigenvalue weighted by atomic mass is 35.5. The molecule has 0 amide bonds. The molecule has 0 saturated heterocycles. The molecule has 3 heteroatoms. The molecule has 0 radical (unpaired) electrons. The molecule has 0 aliphatic carbocycles. The zero-order valence-electron chi connectivity index (χ0n) is 12.3. The van der Waals surface area contributed by atoms with Crippen LogP contribution in [0.5, 0.6) is 0 Å². The van der Waals surface area contributed by atoms with Crippen LogP contribution in [0.2, 0.25) is 5.02 Å². The molecule has 0 fully saturated rings. The highest BCUT2D eigenvalue weighted by Gasteiger charge is 2.18. The Kier molecular flexibility index (Phi) is 3.57. The summed E-state index contributed by atoms with van der Waals surface area (Å²) >= 11 is 6.25. The summed E-state index contributed by atoms with van der Waals surface area (Å²) in [6.45, 7) is 1.99. The van der Waals surface area contributed by atoms with Crippen molar-refractivity contribution in [2.45, 2.75) is 12.8 Å². The van der Waals surface area contributed by atoms with E-state index in [9.17, 15) is 0 Å². The maximum Gasteiger partial charge on any atom is 0.0712 e. The fourth-order valence-corrected chi connectivity index (χ4v) is 3.45. The quantitative estimate of drug-likeness (QED) is 0.727. The zero-order valence-corrected chi connectivity index (χ0v) is 13.0. The van der Waals surface area contributed by atoms with E-state index in [2.05, 4.69) is 35.6 Å². The van der Waals surface area contributed by atoms with Gasteiger partial charge in [0.1, 0.15) is 0 Å². The molecule has 1 N–H and O–H groups in total. The van der Waals surface area contributed by atoms with Crippen LogP contribution in [0.25, 0.3) is 22.0 Å². The first-order valence-electron chi connectivity index (χ1n) is 7.70. The molecule has 0 bridgehead atoms. The van der Waals surface area contributed by atoms with Crippen molar-refractivity contribution in [1.29, 1.82) is 0 Å². The lowest BCUT2D eigenvalue weighted by Gasteiger charge is -2.16. The van der Waals surface area contributed by atoms with E-state index < -0.39 is 0 Å². The molecular weight excluding hydrogens is 292 g/mol. The fourth-order valence-electron chi connectivity index (χ4n) is 3.28. The van der Waals surface area contributed by atoms with E-state index in [1.54, 1.807) is 0 Å². The standard InChI is InChI=1S/C19H17ClN2/c20-14-6-7-17-16(12-14)19(13-4-2-1-3-5-13)15-8-10-21-11-9-18(15)22-17/h1-7,12,21H,8-11H2. The maximum atomic E-state index is 6.25. The molecule has 2 heterocycles. The normalized spacial score (nSPS) is 14.6. The van der Waals surface area contributed by atoms with Crippen molar-refractivity contribution in [3.8, 4) is 11.1 Å². The molecular formula is C19H17ClN2. The van der Waals surface area contributed by atoms with Crippen LogP contribution in [0.3, 0.4) is 0 Å². The molecule has 1 aliphatic rings. The number of pyridine rings is 1. The zero-order chi connectivity index (χ0) is 14.9. The molecule has 0 unspecified atom stereocenters. The van der Waals surface area contributed by atoms with E-state index >= 15 is 0 Å². The van der Waals surface area contributed by atoms with Crippen LogP contribution in [-0.4, -0.2) is 18.1 Å². The van der Waals surface area contributed by atoms with Gasteiger partial charge in [-0.05, 0) is 47.9 Å². The SMILES string of the molecule is Clc1ccc2nc3c(c(-c4ccccc4)c2c1)CCNCC3. The van der Waals surface area contributed by atoms with E-state index in [0.717, 1.165) is 41.9 Å². The number of hydrogen-bond donors (Lipinski definition) is 1. The summed E-state index contributed by atoms with van der Waals surface area (Å²) in [5.41, 5.74) is 6.16. The smallest absolute Gasteiger partial charge is 0.0712 e. The third-order valence-electron chi connectivity index (χ3n) is 4.29. The molecule has 1 aliphatic heterocycles. The molecule has 3 aromatic rings. The lowest BCUT2D eigenvalue weighted by molar-refractivity contribution is 0.709. The van der Waals surface area contributed by atoms with Crippen LogP contribution in [0.4, 0.5) is 0 Å². The number of halogens is 1. The van der Waals surface area contributed by atoms with Crippen LogP contribution in [0.15, 0.2) is 48.5 Å². The Morgan fingerprint density at radius 3 is 2.64 bits per heavy atom. The monoisotopic (exact) mass is 308 g/mol. The van der Waals surface area contributed by atoms with Crippen molar-refractivity contribution >= 4 is 22.5 Å². The number of benzene rings is 2. The van der Waals surface area contributed by atoms with Gasteiger partial charge in [-0.25, -0.2) is 0 Å². The van der Waals surface area contributed by atoms with Crippen LogP contribution in [0, 0.1) is 0 Å². The molecule has 110 valence electrons. The van der Waals surface area contributed by atoms with Gasteiger partial charge in [0.25, 0.3) is 0 Å². The van der Waals surface area contributed by atoms with Gasteiger partial charge < -0.3 is 5.32 Å². The second-order valence-electron chi connectivity index (χ2n) is 5.69. The van der Waals surface area contributed by atoms with E-state index in [0.29, 0.717) is 0 Å². The molecule has 22 heavy (non-hydrogen) atoms. The number of hydrogen-bond acceptors (Lipinski definition) is 2.